The Morgan fingerprint density at radius 3 is 2.71 bits per heavy atom. The number of aromatic nitrogens is 2. The summed E-state index contributed by atoms with van der Waals surface area (Å²) < 4.78 is 24.7. The average molecular weight is 271 g/mol. The van der Waals surface area contributed by atoms with E-state index < -0.39 is 9.84 Å². The van der Waals surface area contributed by atoms with Crippen molar-refractivity contribution in [1.82, 2.24) is 9.55 Å². The van der Waals surface area contributed by atoms with Gasteiger partial charge in [-0.2, -0.15) is 0 Å². The summed E-state index contributed by atoms with van der Waals surface area (Å²) in [6, 6.07) is 5.31. The topological polar surface area (TPSA) is 52.0 Å². The van der Waals surface area contributed by atoms with Crippen LogP contribution in [0.3, 0.4) is 0 Å². The first-order chi connectivity index (χ1) is 7.89. The van der Waals surface area contributed by atoms with Gasteiger partial charge in [-0.1, -0.05) is 17.7 Å². The predicted molar refractivity (Wildman–Crippen MR) is 66.4 cm³/mol. The number of rotatable bonds is 2. The molecule has 0 saturated carbocycles. The van der Waals surface area contributed by atoms with Crippen LogP contribution in [0.15, 0.2) is 35.7 Å². The summed E-state index contributed by atoms with van der Waals surface area (Å²) in [6.07, 6.45) is 4.19. The van der Waals surface area contributed by atoms with Crippen LogP contribution in [0.25, 0.3) is 5.69 Å². The fraction of sp³-hybridized carbons (Fsp3) is 0.182. The van der Waals surface area contributed by atoms with Crippen molar-refractivity contribution in [2.45, 2.75) is 12.1 Å². The number of aryl methyl sites for hydroxylation is 1. The minimum atomic E-state index is -3.36. The first kappa shape index (κ1) is 12.1. The van der Waals surface area contributed by atoms with Crippen molar-refractivity contribution in [2.24, 2.45) is 0 Å². The van der Waals surface area contributed by atoms with Crippen molar-refractivity contribution < 1.29 is 8.42 Å². The molecule has 0 atom stereocenters. The van der Waals surface area contributed by atoms with Gasteiger partial charge in [-0.3, -0.25) is 4.57 Å². The molecule has 0 fully saturated rings. The second-order valence-electron chi connectivity index (χ2n) is 3.78. The van der Waals surface area contributed by atoms with Crippen LogP contribution in [0, 0.1) is 6.92 Å². The third-order valence-corrected chi connectivity index (χ3v) is 3.57. The number of halogens is 1. The van der Waals surface area contributed by atoms with Crippen LogP contribution in [-0.2, 0) is 9.84 Å². The lowest BCUT2D eigenvalue weighted by Gasteiger charge is -2.09. The average Bonchev–Trinajstić information content (AvgIpc) is 2.69. The first-order valence-electron chi connectivity index (χ1n) is 4.89. The Bertz CT molecular complexity index is 662. The fourth-order valence-electron chi connectivity index (χ4n) is 1.59. The summed E-state index contributed by atoms with van der Waals surface area (Å²) in [5.74, 6) is 0. The van der Waals surface area contributed by atoms with Gasteiger partial charge in [0.15, 0.2) is 0 Å². The maximum absolute atomic E-state index is 11.6. The summed E-state index contributed by atoms with van der Waals surface area (Å²) in [4.78, 5) is 3.87. The van der Waals surface area contributed by atoms with Crippen molar-refractivity contribution in [3.05, 3.63) is 41.2 Å². The Morgan fingerprint density at radius 2 is 2.06 bits per heavy atom. The molecule has 0 aliphatic rings. The van der Waals surface area contributed by atoms with Crippen LogP contribution >= 0.6 is 11.6 Å². The van der Waals surface area contributed by atoms with E-state index in [0.29, 0.717) is 5.02 Å². The molecule has 0 unspecified atom stereocenters. The van der Waals surface area contributed by atoms with Gasteiger partial charge in [-0.25, -0.2) is 13.4 Å². The zero-order valence-electron chi connectivity index (χ0n) is 9.38. The molecule has 2 aromatic rings. The molecule has 0 aliphatic carbocycles. The molecule has 0 radical (unpaired) electrons. The summed E-state index contributed by atoms with van der Waals surface area (Å²) in [7, 11) is -3.36. The summed E-state index contributed by atoms with van der Waals surface area (Å²) in [6.45, 7) is 1.89. The molecular formula is C11H11ClN2O2S. The lowest BCUT2D eigenvalue weighted by molar-refractivity contribution is 0.590. The predicted octanol–water partition coefficient (Wildman–Crippen LogP) is 2.24. The third-order valence-electron chi connectivity index (χ3n) is 2.37. The summed E-state index contributed by atoms with van der Waals surface area (Å²) in [5, 5.41) is 0.571. The van der Waals surface area contributed by atoms with Crippen LogP contribution in [0.4, 0.5) is 0 Å². The molecule has 0 bridgehead atoms. The van der Waals surface area contributed by atoms with E-state index in [1.165, 1.54) is 10.8 Å². The van der Waals surface area contributed by atoms with Crippen molar-refractivity contribution in [1.29, 1.82) is 0 Å². The Kier molecular flexibility index (Phi) is 2.97. The second kappa shape index (κ2) is 4.16. The fourth-order valence-corrected chi connectivity index (χ4v) is 2.52. The third kappa shape index (κ3) is 2.35. The lowest BCUT2D eigenvalue weighted by atomic mass is 10.2. The molecule has 90 valence electrons. The molecule has 0 amide bonds. The van der Waals surface area contributed by atoms with E-state index in [0.717, 1.165) is 17.5 Å². The Labute approximate surface area is 105 Å². The van der Waals surface area contributed by atoms with Crippen LogP contribution in [0.1, 0.15) is 5.56 Å². The molecule has 4 nitrogen and oxygen atoms in total. The highest BCUT2D eigenvalue weighted by atomic mass is 35.5. The van der Waals surface area contributed by atoms with E-state index >= 15 is 0 Å². The number of hydrogen-bond acceptors (Lipinski definition) is 3. The van der Waals surface area contributed by atoms with Crippen LogP contribution < -0.4 is 0 Å². The zero-order chi connectivity index (χ0) is 12.6. The van der Waals surface area contributed by atoms with Gasteiger partial charge in [0.2, 0.25) is 15.0 Å². The van der Waals surface area contributed by atoms with E-state index in [9.17, 15) is 8.42 Å². The molecule has 1 aromatic carbocycles. The maximum atomic E-state index is 11.6. The highest BCUT2D eigenvalue weighted by Gasteiger charge is 2.16. The van der Waals surface area contributed by atoms with Crippen molar-refractivity contribution >= 4 is 21.4 Å². The van der Waals surface area contributed by atoms with Gasteiger partial charge < -0.3 is 0 Å². The minimum Gasteiger partial charge on any atom is -0.290 e. The molecule has 0 saturated heterocycles. The molecule has 2 rings (SSSR count). The summed E-state index contributed by atoms with van der Waals surface area (Å²) >= 11 is 5.92. The molecule has 1 aromatic heterocycles. The van der Waals surface area contributed by atoms with Crippen molar-refractivity contribution in [3.8, 4) is 5.69 Å². The van der Waals surface area contributed by atoms with E-state index in [4.69, 9.17) is 11.6 Å². The summed E-state index contributed by atoms with van der Waals surface area (Å²) in [5.41, 5.74) is 1.65. The SMILES string of the molecule is Cc1ccc(Cl)cc1-n1ccnc1S(C)(=O)=O. The van der Waals surface area contributed by atoms with Gasteiger partial charge in [-0.05, 0) is 24.6 Å². The van der Waals surface area contributed by atoms with E-state index in [-0.39, 0.29) is 5.16 Å². The Morgan fingerprint density at radius 1 is 1.35 bits per heavy atom. The molecule has 0 spiro atoms. The monoisotopic (exact) mass is 270 g/mol. The molecule has 0 N–H and O–H groups in total. The number of benzene rings is 1. The highest BCUT2D eigenvalue weighted by molar-refractivity contribution is 7.90. The van der Waals surface area contributed by atoms with Crippen LogP contribution in [0.2, 0.25) is 5.02 Å². The Balaban J connectivity index is 2.70. The number of sulfone groups is 1. The Hall–Kier alpha value is -1.33. The van der Waals surface area contributed by atoms with Crippen molar-refractivity contribution in [3.63, 3.8) is 0 Å². The van der Waals surface area contributed by atoms with E-state index in [1.807, 2.05) is 13.0 Å². The zero-order valence-corrected chi connectivity index (χ0v) is 11.0. The normalized spacial score (nSPS) is 11.7. The lowest BCUT2D eigenvalue weighted by Crippen LogP contribution is -2.08. The largest absolute Gasteiger partial charge is 0.290 e. The molecular weight excluding hydrogens is 260 g/mol. The smallest absolute Gasteiger partial charge is 0.231 e. The standard InChI is InChI=1S/C11H11ClN2O2S/c1-8-3-4-9(12)7-10(8)14-6-5-13-11(14)17(2,15)16/h3-7H,1-2H3. The second-order valence-corrected chi connectivity index (χ2v) is 6.13. The minimum absolute atomic E-state index is 0.0165. The molecule has 17 heavy (non-hydrogen) atoms. The quantitative estimate of drug-likeness (QED) is 0.841. The molecule has 6 heteroatoms. The van der Waals surface area contributed by atoms with Gasteiger partial charge in [0.05, 0.1) is 5.69 Å². The number of hydrogen-bond donors (Lipinski definition) is 0. The molecule has 1 heterocycles. The van der Waals surface area contributed by atoms with Gasteiger partial charge in [0, 0.05) is 23.7 Å². The highest BCUT2D eigenvalue weighted by Crippen LogP contribution is 2.22. The first-order valence-corrected chi connectivity index (χ1v) is 7.16. The van der Waals surface area contributed by atoms with E-state index in [1.54, 1.807) is 18.3 Å². The van der Waals surface area contributed by atoms with Gasteiger partial charge >= 0.3 is 0 Å². The van der Waals surface area contributed by atoms with Gasteiger partial charge in [-0.15, -0.1) is 0 Å². The van der Waals surface area contributed by atoms with Crippen LogP contribution in [0.5, 0.6) is 0 Å². The number of imidazole rings is 1. The maximum Gasteiger partial charge on any atom is 0.231 e. The van der Waals surface area contributed by atoms with E-state index in [2.05, 4.69) is 4.98 Å². The van der Waals surface area contributed by atoms with Gasteiger partial charge in [0.25, 0.3) is 0 Å². The van der Waals surface area contributed by atoms with Crippen LogP contribution in [-0.4, -0.2) is 24.2 Å². The number of nitrogens with zero attached hydrogens (tertiary/aromatic N) is 2. The van der Waals surface area contributed by atoms with Crippen molar-refractivity contribution in [2.75, 3.05) is 6.26 Å². The van der Waals surface area contributed by atoms with Gasteiger partial charge in [0.1, 0.15) is 0 Å². The molecule has 0 aliphatic heterocycles.